The van der Waals surface area contributed by atoms with E-state index in [2.05, 4.69) is 53.1 Å². The van der Waals surface area contributed by atoms with Crippen molar-refractivity contribution in [3.8, 4) is 17.0 Å². The highest BCUT2D eigenvalue weighted by Gasteiger charge is 2.13. The fourth-order valence-electron chi connectivity index (χ4n) is 3.62. The normalized spacial score (nSPS) is 13.4. The summed E-state index contributed by atoms with van der Waals surface area (Å²) in [6, 6.07) is 20.8. The van der Waals surface area contributed by atoms with E-state index >= 15 is 0 Å². The largest absolute Gasteiger partial charge is 0.491 e. The molecule has 0 amide bonds. The molecule has 31 heavy (non-hydrogen) atoms. The zero-order valence-electron chi connectivity index (χ0n) is 18.0. The van der Waals surface area contributed by atoms with E-state index in [9.17, 15) is 5.11 Å². The third-order valence-corrected chi connectivity index (χ3v) is 6.33. The first kappa shape index (κ1) is 21.6. The maximum absolute atomic E-state index is 10.3. The summed E-state index contributed by atoms with van der Waals surface area (Å²) in [5.41, 5.74) is 4.46. The summed E-state index contributed by atoms with van der Waals surface area (Å²) in [7, 11) is 1.96. The molecule has 0 radical (unpaired) electrons. The summed E-state index contributed by atoms with van der Waals surface area (Å²) in [5.74, 6) is 0.740. The van der Waals surface area contributed by atoms with Crippen LogP contribution >= 0.6 is 11.3 Å². The number of nitrogens with one attached hydrogen (secondary N) is 1. The van der Waals surface area contributed by atoms with Crippen LogP contribution in [-0.4, -0.2) is 40.2 Å². The molecule has 2 aromatic carbocycles. The Morgan fingerprint density at radius 1 is 1.13 bits per heavy atom. The Kier molecular flexibility index (Phi) is 7.02. The molecule has 0 fully saturated rings. The van der Waals surface area contributed by atoms with Gasteiger partial charge in [0.25, 0.3) is 0 Å². The number of aromatic nitrogens is 2. The molecule has 0 aliphatic heterocycles. The van der Waals surface area contributed by atoms with Gasteiger partial charge in [0.2, 0.25) is 0 Å². The molecule has 4 rings (SSSR count). The number of aryl methyl sites for hydroxylation is 2. The molecule has 0 aliphatic rings. The lowest BCUT2D eigenvalue weighted by Gasteiger charge is -2.18. The fourth-order valence-corrected chi connectivity index (χ4v) is 4.55. The molecule has 162 valence electrons. The molecule has 5 nitrogen and oxygen atoms in total. The molecule has 2 atom stereocenters. The summed E-state index contributed by atoms with van der Waals surface area (Å²) in [4.78, 5) is 0. The molecule has 4 aromatic rings. The number of nitrogens with zero attached hydrogens (tertiary/aromatic N) is 2. The van der Waals surface area contributed by atoms with Gasteiger partial charge in [0.1, 0.15) is 24.2 Å². The average molecular weight is 436 g/mol. The van der Waals surface area contributed by atoms with Crippen LogP contribution in [-0.2, 0) is 13.5 Å². The standard InChI is InChI=1S/C25H29N3O2S/c1-18(11-12-19-7-4-3-5-8-19)26-16-21(29)17-30-22-10-6-9-20(15-22)24-25-23(13-14-31-25)28(2)27-24/h3-10,13-15,18,21,26,29H,11-12,16-17H2,1-2H3. The zero-order chi connectivity index (χ0) is 21.6. The fraction of sp³-hybridized carbons (Fsp3) is 0.320. The number of rotatable bonds is 10. The Hall–Kier alpha value is -2.67. The van der Waals surface area contributed by atoms with Crippen molar-refractivity contribution in [3.05, 3.63) is 71.6 Å². The predicted molar refractivity (Wildman–Crippen MR) is 128 cm³/mol. The SMILES string of the molecule is CC(CCc1ccccc1)NCC(O)COc1cccc(-c2nn(C)c3ccsc23)c1. The van der Waals surface area contributed by atoms with E-state index in [0.29, 0.717) is 12.6 Å². The smallest absolute Gasteiger partial charge is 0.120 e. The van der Waals surface area contributed by atoms with E-state index < -0.39 is 6.10 Å². The maximum atomic E-state index is 10.3. The summed E-state index contributed by atoms with van der Waals surface area (Å²) < 4.78 is 8.95. The van der Waals surface area contributed by atoms with Gasteiger partial charge in [0.15, 0.2) is 0 Å². The lowest BCUT2D eigenvalue weighted by molar-refractivity contribution is 0.104. The number of aliphatic hydroxyl groups excluding tert-OH is 1. The van der Waals surface area contributed by atoms with Crippen LogP contribution in [0.1, 0.15) is 18.9 Å². The molecule has 0 aliphatic carbocycles. The van der Waals surface area contributed by atoms with E-state index in [1.165, 1.54) is 10.3 Å². The molecule has 0 saturated carbocycles. The first-order valence-electron chi connectivity index (χ1n) is 10.7. The van der Waals surface area contributed by atoms with Crippen molar-refractivity contribution in [1.82, 2.24) is 15.1 Å². The molecule has 2 unspecified atom stereocenters. The van der Waals surface area contributed by atoms with E-state index in [1.807, 2.05) is 42.1 Å². The number of ether oxygens (including phenoxy) is 1. The molecular weight excluding hydrogens is 406 g/mol. The van der Waals surface area contributed by atoms with Gasteiger partial charge in [-0.15, -0.1) is 11.3 Å². The highest BCUT2D eigenvalue weighted by Crippen LogP contribution is 2.33. The Balaban J connectivity index is 1.26. The summed E-state index contributed by atoms with van der Waals surface area (Å²) in [5, 5.41) is 20.5. The van der Waals surface area contributed by atoms with E-state index in [1.54, 1.807) is 11.3 Å². The minimum atomic E-state index is -0.568. The lowest BCUT2D eigenvalue weighted by atomic mass is 10.1. The topological polar surface area (TPSA) is 59.3 Å². The number of hydrogen-bond donors (Lipinski definition) is 2. The number of benzene rings is 2. The van der Waals surface area contributed by atoms with E-state index in [4.69, 9.17) is 4.74 Å². The van der Waals surface area contributed by atoms with Gasteiger partial charge in [0, 0.05) is 25.2 Å². The van der Waals surface area contributed by atoms with Crippen molar-refractivity contribution < 1.29 is 9.84 Å². The molecule has 0 bridgehead atoms. The zero-order valence-corrected chi connectivity index (χ0v) is 18.8. The van der Waals surface area contributed by atoms with Crippen molar-refractivity contribution >= 4 is 21.6 Å². The highest BCUT2D eigenvalue weighted by molar-refractivity contribution is 7.17. The van der Waals surface area contributed by atoms with Gasteiger partial charge < -0.3 is 15.2 Å². The number of thiophene rings is 1. The monoisotopic (exact) mass is 435 g/mol. The third-order valence-electron chi connectivity index (χ3n) is 5.42. The van der Waals surface area contributed by atoms with Gasteiger partial charge in [-0.3, -0.25) is 4.68 Å². The third kappa shape index (κ3) is 5.53. The molecule has 0 saturated heterocycles. The minimum Gasteiger partial charge on any atom is -0.491 e. The van der Waals surface area contributed by atoms with Crippen LogP contribution in [0.4, 0.5) is 0 Å². The molecule has 2 aromatic heterocycles. The molecule has 2 heterocycles. The average Bonchev–Trinajstić information content (AvgIpc) is 3.40. The second-order valence-corrected chi connectivity index (χ2v) is 8.85. The second-order valence-electron chi connectivity index (χ2n) is 7.93. The van der Waals surface area contributed by atoms with Crippen molar-refractivity contribution in [1.29, 1.82) is 0 Å². The van der Waals surface area contributed by atoms with Crippen molar-refractivity contribution in [2.24, 2.45) is 7.05 Å². The number of aliphatic hydroxyl groups is 1. The van der Waals surface area contributed by atoms with Gasteiger partial charge >= 0.3 is 0 Å². The molecule has 0 spiro atoms. The molecule has 6 heteroatoms. The van der Waals surface area contributed by atoms with Crippen LogP contribution in [0.5, 0.6) is 5.75 Å². The van der Waals surface area contributed by atoms with Crippen molar-refractivity contribution in [3.63, 3.8) is 0 Å². The minimum absolute atomic E-state index is 0.249. The van der Waals surface area contributed by atoms with Gasteiger partial charge in [-0.25, -0.2) is 0 Å². The van der Waals surface area contributed by atoms with Gasteiger partial charge in [-0.05, 0) is 48.9 Å². The maximum Gasteiger partial charge on any atom is 0.120 e. The van der Waals surface area contributed by atoms with Crippen molar-refractivity contribution in [2.75, 3.05) is 13.2 Å². The van der Waals surface area contributed by atoms with Crippen LogP contribution in [0.15, 0.2) is 66.0 Å². The van der Waals surface area contributed by atoms with Crippen molar-refractivity contribution in [2.45, 2.75) is 31.9 Å². The predicted octanol–water partition coefficient (Wildman–Crippen LogP) is 4.65. The quantitative estimate of drug-likeness (QED) is 0.381. The Labute approximate surface area is 187 Å². The van der Waals surface area contributed by atoms with Crippen LogP contribution in [0.2, 0.25) is 0 Å². The molecule has 2 N–H and O–H groups in total. The Morgan fingerprint density at radius 3 is 2.81 bits per heavy atom. The van der Waals surface area contributed by atoms with Crippen LogP contribution in [0.25, 0.3) is 21.5 Å². The summed E-state index contributed by atoms with van der Waals surface area (Å²) in [6.45, 7) is 2.91. The first-order valence-corrected chi connectivity index (χ1v) is 11.6. The summed E-state index contributed by atoms with van der Waals surface area (Å²) >= 11 is 1.69. The first-order chi connectivity index (χ1) is 15.1. The second kappa shape index (κ2) is 10.1. The molecular formula is C25H29N3O2S. The van der Waals surface area contributed by atoms with Gasteiger partial charge in [-0.2, -0.15) is 5.10 Å². The van der Waals surface area contributed by atoms with Crippen LogP contribution in [0.3, 0.4) is 0 Å². The van der Waals surface area contributed by atoms with E-state index in [-0.39, 0.29) is 6.61 Å². The van der Waals surface area contributed by atoms with Gasteiger partial charge in [-0.1, -0.05) is 42.5 Å². The lowest BCUT2D eigenvalue weighted by Crippen LogP contribution is -2.36. The summed E-state index contributed by atoms with van der Waals surface area (Å²) in [6.07, 6.45) is 1.49. The Bertz CT molecular complexity index is 1110. The highest BCUT2D eigenvalue weighted by atomic mass is 32.1. The number of fused-ring (bicyclic) bond motifs is 1. The van der Waals surface area contributed by atoms with Gasteiger partial charge in [0.05, 0.1) is 10.2 Å². The van der Waals surface area contributed by atoms with Crippen LogP contribution in [0, 0.1) is 0 Å². The van der Waals surface area contributed by atoms with E-state index in [0.717, 1.165) is 35.4 Å². The number of hydrogen-bond acceptors (Lipinski definition) is 5. The Morgan fingerprint density at radius 2 is 1.97 bits per heavy atom. The van der Waals surface area contributed by atoms with Crippen LogP contribution < -0.4 is 10.1 Å².